The summed E-state index contributed by atoms with van der Waals surface area (Å²) in [6, 6.07) is 3.87. The Labute approximate surface area is 97.3 Å². The molecule has 0 unspecified atom stereocenters. The fraction of sp³-hybridized carbons (Fsp3) is 0.273. The molecule has 0 aliphatic heterocycles. The summed E-state index contributed by atoms with van der Waals surface area (Å²) in [5.74, 6) is -0.231. The van der Waals surface area contributed by atoms with Gasteiger partial charge in [-0.2, -0.15) is 0 Å². The monoisotopic (exact) mass is 236 g/mol. The van der Waals surface area contributed by atoms with Crippen molar-refractivity contribution in [2.24, 2.45) is 0 Å². The Balaban J connectivity index is 2.06. The average molecular weight is 236 g/mol. The summed E-state index contributed by atoms with van der Waals surface area (Å²) < 4.78 is 4.86. The number of hydrogen-bond acceptors (Lipinski definition) is 4. The van der Waals surface area contributed by atoms with Crippen LogP contribution in [0.4, 0.5) is 0 Å². The predicted octanol–water partition coefficient (Wildman–Crippen LogP) is 2.24. The molecule has 0 aliphatic carbocycles. The number of ether oxygens (including phenoxy) is 1. The van der Waals surface area contributed by atoms with Gasteiger partial charge in [0.25, 0.3) is 0 Å². The van der Waals surface area contributed by atoms with Crippen LogP contribution in [0.2, 0.25) is 0 Å². The highest BCUT2D eigenvalue weighted by atomic mass is 32.1. The second kappa shape index (κ2) is 4.94. The van der Waals surface area contributed by atoms with Gasteiger partial charge in [0, 0.05) is 11.6 Å². The van der Waals surface area contributed by atoms with E-state index >= 15 is 0 Å². The fourth-order valence-corrected chi connectivity index (χ4v) is 2.14. The van der Waals surface area contributed by atoms with E-state index in [-0.39, 0.29) is 12.4 Å². The first-order chi connectivity index (χ1) is 7.79. The lowest BCUT2D eigenvalue weighted by Crippen LogP contribution is -2.07. The van der Waals surface area contributed by atoms with Gasteiger partial charge in [0.1, 0.15) is 5.01 Å². The van der Waals surface area contributed by atoms with Crippen LogP contribution in [0.5, 0.6) is 0 Å². The highest BCUT2D eigenvalue weighted by molar-refractivity contribution is 7.13. The molecule has 2 aromatic heterocycles. The fourth-order valence-electron chi connectivity index (χ4n) is 1.34. The number of nitrogens with one attached hydrogen (secondary N) is 1. The average Bonchev–Trinajstić information content (AvgIpc) is 2.86. The van der Waals surface area contributed by atoms with E-state index in [2.05, 4.69) is 9.97 Å². The molecule has 0 fully saturated rings. The lowest BCUT2D eigenvalue weighted by Gasteiger charge is -1.97. The van der Waals surface area contributed by atoms with E-state index in [1.807, 2.05) is 23.7 Å². The minimum Gasteiger partial charge on any atom is -0.466 e. The molecular formula is C11H12N2O2S. The number of thiazole rings is 1. The smallest absolute Gasteiger partial charge is 0.311 e. The Hall–Kier alpha value is -1.62. The van der Waals surface area contributed by atoms with Crippen LogP contribution in [-0.2, 0) is 16.0 Å². The second-order valence-electron chi connectivity index (χ2n) is 3.21. The van der Waals surface area contributed by atoms with Gasteiger partial charge in [-0.1, -0.05) is 0 Å². The number of aromatic nitrogens is 2. The molecular weight excluding hydrogens is 224 g/mol. The van der Waals surface area contributed by atoms with Gasteiger partial charge in [0.2, 0.25) is 0 Å². The minimum absolute atomic E-state index is 0.231. The van der Waals surface area contributed by atoms with Gasteiger partial charge in [-0.05, 0) is 19.1 Å². The number of carbonyl (C=O) groups is 1. The molecule has 0 atom stereocenters. The SMILES string of the molecule is CCOC(=O)Cc1csc(-c2ccc[nH]2)n1. The van der Waals surface area contributed by atoms with Crippen molar-refractivity contribution in [3.8, 4) is 10.7 Å². The zero-order chi connectivity index (χ0) is 11.4. The van der Waals surface area contributed by atoms with Crippen molar-refractivity contribution in [2.45, 2.75) is 13.3 Å². The third-order valence-corrected chi connectivity index (χ3v) is 2.94. The van der Waals surface area contributed by atoms with Crippen molar-refractivity contribution < 1.29 is 9.53 Å². The molecule has 0 aromatic carbocycles. The summed E-state index contributed by atoms with van der Waals surface area (Å²) >= 11 is 1.52. The Morgan fingerprint density at radius 3 is 3.19 bits per heavy atom. The van der Waals surface area contributed by atoms with E-state index in [0.717, 1.165) is 16.4 Å². The Morgan fingerprint density at radius 1 is 1.62 bits per heavy atom. The molecule has 0 aliphatic rings. The van der Waals surface area contributed by atoms with Crippen LogP contribution in [0.3, 0.4) is 0 Å². The quantitative estimate of drug-likeness (QED) is 0.828. The van der Waals surface area contributed by atoms with Crippen LogP contribution < -0.4 is 0 Å². The molecule has 0 spiro atoms. The molecule has 0 saturated carbocycles. The Morgan fingerprint density at radius 2 is 2.50 bits per heavy atom. The molecule has 0 saturated heterocycles. The highest BCUT2D eigenvalue weighted by Gasteiger charge is 2.09. The summed E-state index contributed by atoms with van der Waals surface area (Å²) in [6.07, 6.45) is 2.09. The summed E-state index contributed by atoms with van der Waals surface area (Å²) in [6.45, 7) is 2.20. The van der Waals surface area contributed by atoms with Crippen LogP contribution in [0, 0.1) is 0 Å². The van der Waals surface area contributed by atoms with Gasteiger partial charge < -0.3 is 9.72 Å². The standard InChI is InChI=1S/C11H12N2O2S/c1-2-15-10(14)6-8-7-16-11(13-8)9-4-3-5-12-9/h3-5,7,12H,2,6H2,1H3. The topological polar surface area (TPSA) is 55.0 Å². The van der Waals surface area contributed by atoms with E-state index < -0.39 is 0 Å². The molecule has 0 bridgehead atoms. The highest BCUT2D eigenvalue weighted by Crippen LogP contribution is 2.21. The number of nitrogens with zero attached hydrogens (tertiary/aromatic N) is 1. The number of hydrogen-bond donors (Lipinski definition) is 1. The van der Waals surface area contributed by atoms with Gasteiger partial charge >= 0.3 is 5.97 Å². The third-order valence-electron chi connectivity index (χ3n) is 2.01. The number of aromatic amines is 1. The zero-order valence-electron chi connectivity index (χ0n) is 8.90. The molecule has 2 rings (SSSR count). The Kier molecular flexibility index (Phi) is 3.36. The van der Waals surface area contributed by atoms with E-state index in [1.165, 1.54) is 11.3 Å². The Bertz CT molecular complexity index is 462. The molecule has 84 valence electrons. The van der Waals surface area contributed by atoms with Crippen molar-refractivity contribution in [1.82, 2.24) is 9.97 Å². The van der Waals surface area contributed by atoms with E-state index in [9.17, 15) is 4.79 Å². The van der Waals surface area contributed by atoms with E-state index in [1.54, 1.807) is 6.92 Å². The summed E-state index contributed by atoms with van der Waals surface area (Å²) in [5, 5.41) is 2.77. The predicted molar refractivity (Wildman–Crippen MR) is 62.2 cm³/mol. The van der Waals surface area contributed by atoms with Gasteiger partial charge in [0.15, 0.2) is 0 Å². The maximum absolute atomic E-state index is 11.2. The normalized spacial score (nSPS) is 10.3. The van der Waals surface area contributed by atoms with E-state index in [4.69, 9.17) is 4.74 Å². The first-order valence-corrected chi connectivity index (χ1v) is 5.91. The maximum atomic E-state index is 11.2. The first-order valence-electron chi connectivity index (χ1n) is 5.03. The molecule has 1 N–H and O–H groups in total. The number of esters is 1. The van der Waals surface area contributed by atoms with Crippen LogP contribution in [0.1, 0.15) is 12.6 Å². The van der Waals surface area contributed by atoms with Crippen molar-refractivity contribution in [3.63, 3.8) is 0 Å². The molecule has 4 nitrogen and oxygen atoms in total. The number of rotatable bonds is 4. The van der Waals surface area contributed by atoms with Gasteiger partial charge in [-0.15, -0.1) is 11.3 Å². The van der Waals surface area contributed by atoms with Crippen molar-refractivity contribution in [2.75, 3.05) is 6.61 Å². The largest absolute Gasteiger partial charge is 0.466 e. The molecule has 5 heteroatoms. The third kappa shape index (κ3) is 2.49. The van der Waals surface area contributed by atoms with Gasteiger partial charge in [-0.3, -0.25) is 4.79 Å². The van der Waals surface area contributed by atoms with Gasteiger partial charge in [-0.25, -0.2) is 4.98 Å². The van der Waals surface area contributed by atoms with Crippen molar-refractivity contribution >= 4 is 17.3 Å². The van der Waals surface area contributed by atoms with E-state index in [0.29, 0.717) is 6.61 Å². The maximum Gasteiger partial charge on any atom is 0.311 e. The lowest BCUT2D eigenvalue weighted by atomic mass is 10.3. The van der Waals surface area contributed by atoms with Gasteiger partial charge in [0.05, 0.1) is 24.4 Å². The molecule has 0 radical (unpaired) electrons. The number of H-pyrrole nitrogens is 1. The first kappa shape index (κ1) is 10.9. The molecule has 2 heterocycles. The van der Waals surface area contributed by atoms with Crippen LogP contribution >= 0.6 is 11.3 Å². The summed E-state index contributed by atoms with van der Waals surface area (Å²) in [7, 11) is 0. The summed E-state index contributed by atoms with van der Waals surface area (Å²) in [5.41, 5.74) is 1.73. The van der Waals surface area contributed by atoms with Crippen LogP contribution in [-0.4, -0.2) is 22.5 Å². The molecule has 2 aromatic rings. The zero-order valence-corrected chi connectivity index (χ0v) is 9.71. The lowest BCUT2D eigenvalue weighted by molar-refractivity contribution is -0.142. The minimum atomic E-state index is -0.231. The van der Waals surface area contributed by atoms with Crippen molar-refractivity contribution in [3.05, 3.63) is 29.4 Å². The molecule has 0 amide bonds. The molecule has 16 heavy (non-hydrogen) atoms. The summed E-state index contributed by atoms with van der Waals surface area (Å²) in [4.78, 5) is 18.7. The second-order valence-corrected chi connectivity index (χ2v) is 4.07. The van der Waals surface area contributed by atoms with Crippen LogP contribution in [0.25, 0.3) is 10.7 Å². The van der Waals surface area contributed by atoms with Crippen molar-refractivity contribution in [1.29, 1.82) is 0 Å². The van der Waals surface area contributed by atoms with Crippen LogP contribution in [0.15, 0.2) is 23.7 Å². The number of carbonyl (C=O) groups excluding carboxylic acids is 1.